The topological polar surface area (TPSA) is 72.9 Å². The number of aliphatic hydroxyl groups is 1. The lowest BCUT2D eigenvalue weighted by Crippen LogP contribution is -2.43. The van der Waals surface area contributed by atoms with Gasteiger partial charge in [0.1, 0.15) is 11.6 Å². The fourth-order valence-electron chi connectivity index (χ4n) is 3.49. The maximum Gasteiger partial charge on any atom is 0.241 e. The Hall–Kier alpha value is -3.00. The molecule has 2 aromatic rings. The monoisotopic (exact) mass is 403 g/mol. The normalized spacial score (nSPS) is 16.0. The third kappa shape index (κ3) is 4.89. The SMILES string of the molecule is CC(=O)N(c1cc(F)ccc1F)C1CCN(C(=O)CNc2ccc(CO)cc2)C1. The van der Waals surface area contributed by atoms with Crippen LogP contribution in [-0.2, 0) is 16.2 Å². The van der Waals surface area contributed by atoms with Gasteiger partial charge in [-0.3, -0.25) is 9.59 Å². The van der Waals surface area contributed by atoms with E-state index in [-0.39, 0.29) is 31.3 Å². The Balaban J connectivity index is 1.63. The van der Waals surface area contributed by atoms with Crippen molar-refractivity contribution in [3.05, 3.63) is 59.7 Å². The Morgan fingerprint density at radius 2 is 1.93 bits per heavy atom. The van der Waals surface area contributed by atoms with Crippen molar-refractivity contribution in [2.24, 2.45) is 0 Å². The van der Waals surface area contributed by atoms with E-state index in [1.165, 1.54) is 11.8 Å². The van der Waals surface area contributed by atoms with Gasteiger partial charge in [-0.2, -0.15) is 0 Å². The molecule has 0 saturated carbocycles. The summed E-state index contributed by atoms with van der Waals surface area (Å²) in [4.78, 5) is 27.5. The molecule has 29 heavy (non-hydrogen) atoms. The molecule has 1 atom stereocenters. The largest absolute Gasteiger partial charge is 0.392 e. The summed E-state index contributed by atoms with van der Waals surface area (Å²) >= 11 is 0. The highest BCUT2D eigenvalue weighted by Crippen LogP contribution is 2.27. The van der Waals surface area contributed by atoms with Crippen LogP contribution in [0.5, 0.6) is 0 Å². The summed E-state index contributed by atoms with van der Waals surface area (Å²) in [5.41, 5.74) is 1.41. The number of benzene rings is 2. The van der Waals surface area contributed by atoms with Crippen LogP contribution in [-0.4, -0.2) is 47.5 Å². The molecule has 2 aromatic carbocycles. The Morgan fingerprint density at radius 3 is 2.59 bits per heavy atom. The third-order valence-corrected chi connectivity index (χ3v) is 4.97. The van der Waals surface area contributed by atoms with Crippen molar-refractivity contribution in [1.29, 1.82) is 0 Å². The highest BCUT2D eigenvalue weighted by atomic mass is 19.1. The number of carbonyl (C=O) groups excluding carboxylic acids is 2. The van der Waals surface area contributed by atoms with Gasteiger partial charge in [0.25, 0.3) is 0 Å². The van der Waals surface area contributed by atoms with Crippen LogP contribution in [0.1, 0.15) is 18.9 Å². The lowest BCUT2D eigenvalue weighted by atomic mass is 10.1. The number of anilines is 2. The standard InChI is InChI=1S/C21H23F2N3O3/c1-14(28)26(20-10-16(22)4-7-19(20)23)18-8-9-25(12-18)21(29)11-24-17-5-2-15(13-27)3-6-17/h2-7,10,18,24,27H,8-9,11-13H2,1H3. The molecule has 8 heteroatoms. The maximum atomic E-state index is 14.2. The molecule has 1 aliphatic heterocycles. The van der Waals surface area contributed by atoms with Crippen molar-refractivity contribution in [2.75, 3.05) is 29.9 Å². The number of rotatable bonds is 6. The molecule has 3 rings (SSSR count). The van der Waals surface area contributed by atoms with E-state index in [0.29, 0.717) is 13.0 Å². The average molecular weight is 403 g/mol. The number of nitrogens with one attached hydrogen (secondary N) is 1. The molecule has 2 N–H and O–H groups in total. The lowest BCUT2D eigenvalue weighted by Gasteiger charge is -2.28. The molecule has 6 nitrogen and oxygen atoms in total. The minimum Gasteiger partial charge on any atom is -0.392 e. The molecule has 2 amide bonds. The van der Waals surface area contributed by atoms with Crippen molar-refractivity contribution < 1.29 is 23.5 Å². The number of hydrogen-bond acceptors (Lipinski definition) is 4. The second-order valence-corrected chi connectivity index (χ2v) is 6.98. The van der Waals surface area contributed by atoms with Crippen LogP contribution in [0.25, 0.3) is 0 Å². The summed E-state index contributed by atoms with van der Waals surface area (Å²) in [7, 11) is 0. The van der Waals surface area contributed by atoms with Crippen LogP contribution in [0.4, 0.5) is 20.2 Å². The van der Waals surface area contributed by atoms with Crippen molar-refractivity contribution >= 4 is 23.2 Å². The van der Waals surface area contributed by atoms with Crippen LogP contribution in [0.15, 0.2) is 42.5 Å². The van der Waals surface area contributed by atoms with Gasteiger partial charge in [-0.25, -0.2) is 8.78 Å². The summed E-state index contributed by atoms with van der Waals surface area (Å²) < 4.78 is 27.8. The van der Waals surface area contributed by atoms with Crippen LogP contribution in [0.2, 0.25) is 0 Å². The van der Waals surface area contributed by atoms with E-state index in [1.807, 2.05) is 0 Å². The Kier molecular flexibility index (Phi) is 6.43. The van der Waals surface area contributed by atoms with Gasteiger partial charge >= 0.3 is 0 Å². The molecule has 0 spiro atoms. The first kappa shape index (κ1) is 20.7. The van der Waals surface area contributed by atoms with Gasteiger partial charge < -0.3 is 20.2 Å². The van der Waals surface area contributed by atoms with Crippen LogP contribution in [0.3, 0.4) is 0 Å². The second kappa shape index (κ2) is 9.00. The van der Waals surface area contributed by atoms with E-state index >= 15 is 0 Å². The fourth-order valence-corrected chi connectivity index (χ4v) is 3.49. The minimum absolute atomic E-state index is 0.0487. The van der Waals surface area contributed by atoms with Crippen molar-refractivity contribution in [3.63, 3.8) is 0 Å². The third-order valence-electron chi connectivity index (χ3n) is 4.97. The lowest BCUT2D eigenvalue weighted by molar-refractivity contribution is -0.128. The molecule has 154 valence electrons. The van der Waals surface area contributed by atoms with Gasteiger partial charge in [0.2, 0.25) is 11.8 Å². The predicted molar refractivity (Wildman–Crippen MR) is 105 cm³/mol. The van der Waals surface area contributed by atoms with Gasteiger partial charge in [0.15, 0.2) is 0 Å². The van der Waals surface area contributed by atoms with Gasteiger partial charge in [-0.1, -0.05) is 12.1 Å². The highest BCUT2D eigenvalue weighted by molar-refractivity contribution is 5.92. The zero-order valence-corrected chi connectivity index (χ0v) is 16.1. The van der Waals surface area contributed by atoms with Crippen LogP contribution in [0, 0.1) is 11.6 Å². The minimum atomic E-state index is -0.681. The number of likely N-dealkylation sites (tertiary alicyclic amines) is 1. The van der Waals surface area contributed by atoms with Crippen LogP contribution >= 0.6 is 0 Å². The Morgan fingerprint density at radius 1 is 1.21 bits per heavy atom. The molecular formula is C21H23F2N3O3. The quantitative estimate of drug-likeness (QED) is 0.778. The first-order valence-corrected chi connectivity index (χ1v) is 9.35. The summed E-state index contributed by atoms with van der Waals surface area (Å²) in [6.45, 7) is 1.99. The number of hydrogen-bond donors (Lipinski definition) is 2. The predicted octanol–water partition coefficient (Wildman–Crippen LogP) is 2.52. The molecule has 1 saturated heterocycles. The zero-order chi connectivity index (χ0) is 21.0. The Bertz CT molecular complexity index is 889. The van der Waals surface area contributed by atoms with Crippen molar-refractivity contribution in [3.8, 4) is 0 Å². The van der Waals surface area contributed by atoms with E-state index in [1.54, 1.807) is 29.2 Å². The van der Waals surface area contributed by atoms with E-state index in [4.69, 9.17) is 5.11 Å². The average Bonchev–Trinajstić information content (AvgIpc) is 3.18. The molecule has 1 fully saturated rings. The van der Waals surface area contributed by atoms with Crippen LogP contribution < -0.4 is 10.2 Å². The number of amides is 2. The van der Waals surface area contributed by atoms with Gasteiger partial charge in [0, 0.05) is 31.8 Å². The second-order valence-electron chi connectivity index (χ2n) is 6.98. The first-order valence-electron chi connectivity index (χ1n) is 9.35. The molecule has 1 unspecified atom stereocenters. The first-order chi connectivity index (χ1) is 13.9. The van der Waals surface area contributed by atoms with E-state index < -0.39 is 23.6 Å². The number of nitrogens with zero attached hydrogens (tertiary/aromatic N) is 2. The molecule has 1 aliphatic rings. The van der Waals surface area contributed by atoms with Gasteiger partial charge in [0.05, 0.1) is 24.9 Å². The van der Waals surface area contributed by atoms with Crippen molar-refractivity contribution in [2.45, 2.75) is 26.0 Å². The van der Waals surface area contributed by atoms with Gasteiger partial charge in [-0.05, 0) is 36.2 Å². The fraction of sp³-hybridized carbons (Fsp3) is 0.333. The molecule has 0 radical (unpaired) electrons. The molecule has 0 aromatic heterocycles. The number of carbonyl (C=O) groups is 2. The van der Waals surface area contributed by atoms with Crippen molar-refractivity contribution in [1.82, 2.24) is 4.90 Å². The molecule has 0 bridgehead atoms. The van der Waals surface area contributed by atoms with E-state index in [9.17, 15) is 18.4 Å². The van der Waals surface area contributed by atoms with E-state index in [0.717, 1.165) is 29.4 Å². The summed E-state index contributed by atoms with van der Waals surface area (Å²) in [5.74, 6) is -1.87. The van der Waals surface area contributed by atoms with E-state index in [2.05, 4.69) is 5.32 Å². The molecule has 1 heterocycles. The number of aliphatic hydroxyl groups excluding tert-OH is 1. The Labute approximate surface area is 167 Å². The maximum absolute atomic E-state index is 14.2. The smallest absolute Gasteiger partial charge is 0.241 e. The summed E-state index contributed by atoms with van der Waals surface area (Å²) in [5, 5.41) is 12.1. The number of halogens is 2. The zero-order valence-electron chi connectivity index (χ0n) is 16.1. The summed E-state index contributed by atoms with van der Waals surface area (Å²) in [6.07, 6.45) is 0.479. The molecule has 0 aliphatic carbocycles. The van der Waals surface area contributed by atoms with Gasteiger partial charge in [-0.15, -0.1) is 0 Å². The highest BCUT2D eigenvalue weighted by Gasteiger charge is 2.33. The summed E-state index contributed by atoms with van der Waals surface area (Å²) in [6, 6.07) is 9.64. The molecular weight excluding hydrogens is 380 g/mol.